The van der Waals surface area contributed by atoms with Crippen molar-refractivity contribution >= 4 is 18.3 Å². The van der Waals surface area contributed by atoms with Gasteiger partial charge in [0.05, 0.1) is 12.6 Å². The molecule has 0 aliphatic rings. The van der Waals surface area contributed by atoms with Gasteiger partial charge in [0.25, 0.3) is 0 Å². The Morgan fingerprint density at radius 2 is 1.63 bits per heavy atom. The summed E-state index contributed by atoms with van der Waals surface area (Å²) in [5.41, 5.74) is -1.31. The van der Waals surface area contributed by atoms with Crippen molar-refractivity contribution in [2.45, 2.75) is 65.3 Å². The third-order valence-corrected chi connectivity index (χ3v) is 3.17. The number of hydrogen-bond acceptors (Lipinski definition) is 7. The van der Waals surface area contributed by atoms with Crippen molar-refractivity contribution in [3.8, 4) is 0 Å². The number of nitrogens with zero attached hydrogens (tertiary/aromatic N) is 1. The summed E-state index contributed by atoms with van der Waals surface area (Å²) < 4.78 is 15.3. The Morgan fingerprint density at radius 1 is 1.03 bits per heavy atom. The maximum Gasteiger partial charge on any atom is 0.410 e. The number of alkyl carbamates (subject to hydrolysis) is 2. The lowest BCUT2D eigenvalue weighted by Gasteiger charge is -2.29. The maximum atomic E-state index is 12.4. The van der Waals surface area contributed by atoms with Gasteiger partial charge in [-0.25, -0.2) is 14.4 Å². The van der Waals surface area contributed by atoms with Gasteiger partial charge in [-0.2, -0.15) is 0 Å². The average molecular weight is 432 g/mol. The van der Waals surface area contributed by atoms with Crippen LogP contribution < -0.4 is 10.6 Å². The fourth-order valence-electron chi connectivity index (χ4n) is 2.06. The highest BCUT2D eigenvalue weighted by Gasteiger charge is 2.24. The van der Waals surface area contributed by atoms with Crippen LogP contribution >= 0.6 is 0 Å². The number of rotatable bonds is 10. The van der Waals surface area contributed by atoms with Crippen molar-refractivity contribution in [2.24, 2.45) is 0 Å². The van der Waals surface area contributed by atoms with Crippen LogP contribution in [0.1, 0.15) is 48.0 Å². The van der Waals surface area contributed by atoms with Gasteiger partial charge in [0.15, 0.2) is 0 Å². The minimum absolute atomic E-state index is 0.0522. The van der Waals surface area contributed by atoms with Crippen LogP contribution in [0.25, 0.3) is 0 Å². The fourth-order valence-corrected chi connectivity index (χ4v) is 2.06. The van der Waals surface area contributed by atoms with E-state index in [1.807, 2.05) is 0 Å². The molecular formula is C20H37N3O7. The average Bonchev–Trinajstić information content (AvgIpc) is 2.57. The standard InChI is InChI=1S/C20H37N3O7/c1-8-12-28-16(25)22-13-15(24)14-23(18(27)30-20(5,6)7)11-9-10-21-17(26)29-19(2,3)4/h8,15,24H,1,9-14H2,2-7H3,(H,21,26)(H,22,25)/t15-/m0/s1. The van der Waals surface area contributed by atoms with Crippen LogP contribution in [0.3, 0.4) is 0 Å². The molecule has 1 atom stereocenters. The number of amides is 3. The first kappa shape index (κ1) is 27.5. The van der Waals surface area contributed by atoms with Crippen LogP contribution in [0, 0.1) is 0 Å². The lowest BCUT2D eigenvalue weighted by Crippen LogP contribution is -2.45. The van der Waals surface area contributed by atoms with E-state index in [4.69, 9.17) is 14.2 Å². The van der Waals surface area contributed by atoms with Gasteiger partial charge in [0.1, 0.15) is 17.8 Å². The minimum Gasteiger partial charge on any atom is -0.445 e. The summed E-state index contributed by atoms with van der Waals surface area (Å²) in [6.45, 7) is 14.3. The molecule has 174 valence electrons. The Kier molecular flexibility index (Phi) is 11.9. The molecule has 0 aromatic rings. The minimum atomic E-state index is -1.03. The highest BCUT2D eigenvalue weighted by Crippen LogP contribution is 2.11. The highest BCUT2D eigenvalue weighted by molar-refractivity contribution is 5.69. The van der Waals surface area contributed by atoms with Gasteiger partial charge in [0.2, 0.25) is 0 Å². The molecule has 3 amide bonds. The number of aliphatic hydroxyl groups excluding tert-OH is 1. The molecule has 0 aliphatic carbocycles. The second-order valence-corrected chi connectivity index (χ2v) is 8.63. The topological polar surface area (TPSA) is 126 Å². The van der Waals surface area contributed by atoms with E-state index in [9.17, 15) is 19.5 Å². The molecule has 0 bridgehead atoms. The number of ether oxygens (including phenoxy) is 3. The maximum absolute atomic E-state index is 12.4. The van der Waals surface area contributed by atoms with E-state index >= 15 is 0 Å². The summed E-state index contributed by atoms with van der Waals surface area (Å²) in [6.07, 6.45) is -1.04. The third kappa shape index (κ3) is 15.4. The van der Waals surface area contributed by atoms with Crippen molar-refractivity contribution in [3.63, 3.8) is 0 Å². The molecule has 0 rings (SSSR count). The predicted octanol–water partition coefficient (Wildman–Crippen LogP) is 2.41. The van der Waals surface area contributed by atoms with Crippen molar-refractivity contribution in [1.29, 1.82) is 0 Å². The van der Waals surface area contributed by atoms with Crippen molar-refractivity contribution < 1.29 is 33.7 Å². The molecule has 30 heavy (non-hydrogen) atoms. The van der Waals surface area contributed by atoms with Crippen LogP contribution in [0.4, 0.5) is 14.4 Å². The molecular weight excluding hydrogens is 394 g/mol. The van der Waals surface area contributed by atoms with E-state index in [2.05, 4.69) is 17.2 Å². The summed E-state index contributed by atoms with van der Waals surface area (Å²) in [5.74, 6) is 0. The number of aliphatic hydroxyl groups is 1. The molecule has 0 spiro atoms. The molecule has 0 unspecified atom stereocenters. The Morgan fingerprint density at radius 3 is 2.17 bits per heavy atom. The van der Waals surface area contributed by atoms with Crippen LogP contribution in [-0.4, -0.2) is 78.4 Å². The molecule has 10 nitrogen and oxygen atoms in total. The molecule has 0 saturated carbocycles. The summed E-state index contributed by atoms with van der Waals surface area (Å²) in [7, 11) is 0. The van der Waals surface area contributed by atoms with Crippen LogP contribution in [0.5, 0.6) is 0 Å². The SMILES string of the molecule is C=CCOC(=O)NC[C@H](O)CN(CCCNC(=O)OC(C)(C)C)C(=O)OC(C)(C)C. The molecule has 0 heterocycles. The molecule has 0 radical (unpaired) electrons. The van der Waals surface area contributed by atoms with Gasteiger partial charge in [0, 0.05) is 19.6 Å². The fraction of sp³-hybridized carbons (Fsp3) is 0.750. The van der Waals surface area contributed by atoms with Crippen molar-refractivity contribution in [3.05, 3.63) is 12.7 Å². The molecule has 0 saturated heterocycles. The smallest absolute Gasteiger partial charge is 0.410 e. The van der Waals surface area contributed by atoms with Gasteiger partial charge >= 0.3 is 18.3 Å². The summed E-state index contributed by atoms with van der Waals surface area (Å²) in [6, 6.07) is 0. The van der Waals surface area contributed by atoms with Crippen LogP contribution in [0.15, 0.2) is 12.7 Å². The normalized spacial score (nSPS) is 12.4. The zero-order valence-electron chi connectivity index (χ0n) is 18.9. The van der Waals surface area contributed by atoms with Crippen molar-refractivity contribution in [1.82, 2.24) is 15.5 Å². The number of carbonyl (C=O) groups is 3. The van der Waals surface area contributed by atoms with E-state index in [1.54, 1.807) is 41.5 Å². The third-order valence-electron chi connectivity index (χ3n) is 3.17. The first-order valence-corrected chi connectivity index (χ1v) is 9.88. The second-order valence-electron chi connectivity index (χ2n) is 8.63. The Hall–Kier alpha value is -2.49. The Balaban J connectivity index is 4.64. The van der Waals surface area contributed by atoms with Gasteiger partial charge in [-0.3, -0.25) is 0 Å². The zero-order chi connectivity index (χ0) is 23.4. The number of hydrogen-bond donors (Lipinski definition) is 3. The quantitative estimate of drug-likeness (QED) is 0.275. The monoisotopic (exact) mass is 431 g/mol. The number of nitrogens with one attached hydrogen (secondary N) is 2. The van der Waals surface area contributed by atoms with Gasteiger partial charge in [-0.15, -0.1) is 0 Å². The molecule has 0 aromatic carbocycles. The zero-order valence-corrected chi connectivity index (χ0v) is 18.9. The summed E-state index contributed by atoms with van der Waals surface area (Å²) >= 11 is 0. The van der Waals surface area contributed by atoms with E-state index in [0.29, 0.717) is 6.42 Å². The first-order chi connectivity index (χ1) is 13.7. The van der Waals surface area contributed by atoms with Gasteiger partial charge in [-0.1, -0.05) is 12.7 Å². The summed E-state index contributed by atoms with van der Waals surface area (Å²) in [4.78, 5) is 36.9. The Labute approximate surface area is 178 Å². The molecule has 0 aliphatic heterocycles. The lowest BCUT2D eigenvalue weighted by atomic mass is 10.2. The first-order valence-electron chi connectivity index (χ1n) is 9.88. The largest absolute Gasteiger partial charge is 0.445 e. The predicted molar refractivity (Wildman–Crippen MR) is 112 cm³/mol. The number of carbonyl (C=O) groups excluding carboxylic acids is 3. The van der Waals surface area contributed by atoms with E-state index in [1.165, 1.54) is 11.0 Å². The van der Waals surface area contributed by atoms with E-state index < -0.39 is 35.6 Å². The lowest BCUT2D eigenvalue weighted by molar-refractivity contribution is 0.0145. The van der Waals surface area contributed by atoms with Crippen LogP contribution in [0.2, 0.25) is 0 Å². The molecule has 0 fully saturated rings. The molecule has 3 N–H and O–H groups in total. The van der Waals surface area contributed by atoms with Gasteiger partial charge in [-0.05, 0) is 48.0 Å². The van der Waals surface area contributed by atoms with Crippen LogP contribution in [-0.2, 0) is 14.2 Å². The van der Waals surface area contributed by atoms with Gasteiger partial charge < -0.3 is 34.9 Å². The van der Waals surface area contributed by atoms with E-state index in [-0.39, 0.29) is 32.8 Å². The van der Waals surface area contributed by atoms with E-state index in [0.717, 1.165) is 0 Å². The summed E-state index contributed by atoms with van der Waals surface area (Å²) in [5, 5.41) is 15.2. The molecule has 10 heteroatoms. The Bertz CT molecular complexity index is 568. The second kappa shape index (κ2) is 12.9. The highest BCUT2D eigenvalue weighted by atomic mass is 16.6. The van der Waals surface area contributed by atoms with Crippen molar-refractivity contribution in [2.75, 3.05) is 32.8 Å². The molecule has 0 aromatic heterocycles.